The summed E-state index contributed by atoms with van der Waals surface area (Å²) in [4.78, 5) is 22.4. The van der Waals surface area contributed by atoms with Gasteiger partial charge in [-0.1, -0.05) is 6.07 Å². The Morgan fingerprint density at radius 1 is 1.39 bits per heavy atom. The highest BCUT2D eigenvalue weighted by Gasteiger charge is 2.14. The van der Waals surface area contributed by atoms with Crippen LogP contribution in [-0.2, 0) is 9.53 Å². The first-order valence-electron chi connectivity index (χ1n) is 5.64. The number of carbonyl (C=O) groups excluding carboxylic acids is 2. The van der Waals surface area contributed by atoms with Crippen molar-refractivity contribution >= 4 is 23.3 Å². The fourth-order valence-corrected chi connectivity index (χ4v) is 1.46. The van der Waals surface area contributed by atoms with Crippen LogP contribution in [0, 0.1) is 0 Å². The molecule has 0 unspecified atom stereocenters. The van der Waals surface area contributed by atoms with Crippen LogP contribution in [0.1, 0.15) is 23.7 Å². The molecule has 0 aliphatic carbocycles. The molecule has 0 heterocycles. The summed E-state index contributed by atoms with van der Waals surface area (Å²) < 4.78 is 4.92. The number of hydrogen-bond acceptors (Lipinski definition) is 5. The smallest absolute Gasteiger partial charge is 0.340 e. The van der Waals surface area contributed by atoms with Crippen LogP contribution in [0.5, 0.6) is 0 Å². The molecule has 5 N–H and O–H groups in total. The molecule has 0 aliphatic rings. The van der Waals surface area contributed by atoms with Gasteiger partial charge in [0.1, 0.15) is 0 Å². The van der Waals surface area contributed by atoms with Gasteiger partial charge in [0.05, 0.1) is 23.5 Å². The third kappa shape index (κ3) is 3.65. The lowest BCUT2D eigenvalue weighted by Gasteiger charge is -2.13. The van der Waals surface area contributed by atoms with Crippen molar-refractivity contribution in [1.29, 1.82) is 0 Å². The van der Waals surface area contributed by atoms with E-state index in [1.807, 2.05) is 0 Å². The molecule has 6 heteroatoms. The maximum Gasteiger partial charge on any atom is 0.340 e. The summed E-state index contributed by atoms with van der Waals surface area (Å²) in [5.41, 5.74) is 12.1. The van der Waals surface area contributed by atoms with Crippen LogP contribution in [-0.4, -0.2) is 25.0 Å². The number of rotatable bonds is 6. The molecule has 0 radical (unpaired) electrons. The number of nitrogen functional groups attached to an aromatic ring is 1. The van der Waals surface area contributed by atoms with Crippen molar-refractivity contribution in [3.63, 3.8) is 0 Å². The lowest BCUT2D eigenvalue weighted by molar-refractivity contribution is -0.117. The topological polar surface area (TPSA) is 107 Å². The van der Waals surface area contributed by atoms with E-state index in [2.05, 4.69) is 5.32 Å². The molecule has 0 aliphatic heterocycles. The second-order valence-corrected chi connectivity index (χ2v) is 3.63. The Balaban J connectivity index is 2.86. The van der Waals surface area contributed by atoms with E-state index in [1.165, 1.54) is 0 Å². The van der Waals surface area contributed by atoms with Crippen molar-refractivity contribution < 1.29 is 14.3 Å². The van der Waals surface area contributed by atoms with Gasteiger partial charge in [0.2, 0.25) is 5.91 Å². The second kappa shape index (κ2) is 6.48. The van der Waals surface area contributed by atoms with Crippen molar-refractivity contribution in [2.45, 2.75) is 13.3 Å². The predicted octanol–water partition coefficient (Wildman–Crippen LogP) is 0.733. The maximum atomic E-state index is 11.7. The third-order valence-corrected chi connectivity index (χ3v) is 2.27. The number of amides is 1. The molecule has 6 nitrogen and oxygen atoms in total. The van der Waals surface area contributed by atoms with E-state index in [4.69, 9.17) is 16.2 Å². The Morgan fingerprint density at radius 3 is 2.72 bits per heavy atom. The summed E-state index contributed by atoms with van der Waals surface area (Å²) >= 11 is 0. The first-order chi connectivity index (χ1) is 8.56. The normalized spacial score (nSPS) is 9.83. The van der Waals surface area contributed by atoms with Crippen molar-refractivity contribution in [3.8, 4) is 0 Å². The number of esters is 1. The fourth-order valence-electron chi connectivity index (χ4n) is 1.46. The van der Waals surface area contributed by atoms with Gasteiger partial charge in [0.15, 0.2) is 0 Å². The molecule has 0 spiro atoms. The zero-order valence-corrected chi connectivity index (χ0v) is 10.2. The molecule has 0 aromatic heterocycles. The van der Waals surface area contributed by atoms with Crippen molar-refractivity contribution in [3.05, 3.63) is 23.8 Å². The number of primary amides is 1. The highest BCUT2D eigenvalue weighted by atomic mass is 16.5. The average molecular weight is 251 g/mol. The van der Waals surface area contributed by atoms with Gasteiger partial charge in [0, 0.05) is 13.0 Å². The highest BCUT2D eigenvalue weighted by molar-refractivity contribution is 5.98. The minimum atomic E-state index is -0.452. The van der Waals surface area contributed by atoms with Gasteiger partial charge in [-0.05, 0) is 19.1 Å². The van der Waals surface area contributed by atoms with Crippen molar-refractivity contribution in [2.75, 3.05) is 24.2 Å². The van der Waals surface area contributed by atoms with Crippen LogP contribution in [0.4, 0.5) is 11.4 Å². The molecule has 98 valence electrons. The van der Waals surface area contributed by atoms with Crippen LogP contribution in [0.25, 0.3) is 0 Å². The Bertz CT molecular complexity index is 446. The number of anilines is 2. The number of benzene rings is 1. The van der Waals surface area contributed by atoms with Crippen LogP contribution in [0.2, 0.25) is 0 Å². The monoisotopic (exact) mass is 251 g/mol. The molecule has 0 atom stereocenters. The van der Waals surface area contributed by atoms with Gasteiger partial charge in [-0.15, -0.1) is 0 Å². The molecular formula is C12H17N3O3. The molecule has 1 aromatic carbocycles. The highest BCUT2D eigenvalue weighted by Crippen LogP contribution is 2.24. The molecular weight excluding hydrogens is 234 g/mol. The van der Waals surface area contributed by atoms with Gasteiger partial charge >= 0.3 is 5.97 Å². The molecule has 0 bridgehead atoms. The number of carbonyl (C=O) groups is 2. The molecule has 1 aromatic rings. The van der Waals surface area contributed by atoms with Gasteiger partial charge in [-0.2, -0.15) is 0 Å². The first kappa shape index (κ1) is 13.8. The van der Waals surface area contributed by atoms with Gasteiger partial charge in [0.25, 0.3) is 0 Å². The van der Waals surface area contributed by atoms with E-state index in [1.54, 1.807) is 25.1 Å². The van der Waals surface area contributed by atoms with Crippen molar-refractivity contribution in [2.24, 2.45) is 5.73 Å². The van der Waals surface area contributed by atoms with E-state index in [-0.39, 0.29) is 13.0 Å². The summed E-state index contributed by atoms with van der Waals surface area (Å²) in [6.07, 6.45) is 0.163. The zero-order chi connectivity index (χ0) is 13.5. The summed E-state index contributed by atoms with van der Waals surface area (Å²) in [6.45, 7) is 2.33. The van der Waals surface area contributed by atoms with Crippen LogP contribution in [0.15, 0.2) is 18.2 Å². The number of nitrogens with two attached hydrogens (primary N) is 2. The average Bonchev–Trinajstić information content (AvgIpc) is 2.31. The molecule has 1 rings (SSSR count). The Morgan fingerprint density at radius 2 is 2.11 bits per heavy atom. The van der Waals surface area contributed by atoms with Gasteiger partial charge < -0.3 is 21.5 Å². The lowest BCUT2D eigenvalue weighted by atomic mass is 10.1. The fraction of sp³-hybridized carbons (Fsp3) is 0.333. The number of nitrogens with one attached hydrogen (secondary N) is 1. The SMILES string of the molecule is CCOC(=O)c1cccc(N)c1NCCC(N)=O. The summed E-state index contributed by atoms with van der Waals surface area (Å²) in [6, 6.07) is 4.94. The minimum Gasteiger partial charge on any atom is -0.462 e. The summed E-state index contributed by atoms with van der Waals surface area (Å²) in [5.74, 6) is -0.874. The molecule has 0 saturated heterocycles. The molecule has 0 saturated carbocycles. The Hall–Kier alpha value is -2.24. The van der Waals surface area contributed by atoms with E-state index in [9.17, 15) is 9.59 Å². The number of hydrogen-bond donors (Lipinski definition) is 3. The summed E-state index contributed by atoms with van der Waals surface area (Å²) in [5, 5.41) is 2.93. The number of ether oxygens (including phenoxy) is 1. The van der Waals surface area contributed by atoms with E-state index in [0.29, 0.717) is 23.5 Å². The standard InChI is InChI=1S/C12H17N3O3/c1-2-18-12(17)8-4-3-5-9(13)11(8)15-7-6-10(14)16/h3-5,15H,2,6-7,13H2,1H3,(H2,14,16). The molecule has 18 heavy (non-hydrogen) atoms. The summed E-state index contributed by atoms with van der Waals surface area (Å²) in [7, 11) is 0. The number of para-hydroxylation sites is 1. The van der Waals surface area contributed by atoms with Crippen LogP contribution in [0.3, 0.4) is 0 Å². The lowest BCUT2D eigenvalue weighted by Crippen LogP contribution is -2.18. The first-order valence-corrected chi connectivity index (χ1v) is 5.64. The van der Waals surface area contributed by atoms with Crippen molar-refractivity contribution in [1.82, 2.24) is 0 Å². The largest absolute Gasteiger partial charge is 0.462 e. The maximum absolute atomic E-state index is 11.7. The van der Waals surface area contributed by atoms with E-state index < -0.39 is 11.9 Å². The van der Waals surface area contributed by atoms with E-state index >= 15 is 0 Å². The third-order valence-electron chi connectivity index (χ3n) is 2.27. The van der Waals surface area contributed by atoms with Crippen LogP contribution < -0.4 is 16.8 Å². The Labute approximate surface area is 105 Å². The predicted molar refractivity (Wildman–Crippen MR) is 69.1 cm³/mol. The minimum absolute atomic E-state index is 0.163. The van der Waals surface area contributed by atoms with Crippen LogP contribution >= 0.6 is 0 Å². The van der Waals surface area contributed by atoms with Gasteiger partial charge in [-0.25, -0.2) is 4.79 Å². The second-order valence-electron chi connectivity index (χ2n) is 3.63. The quantitative estimate of drug-likeness (QED) is 0.510. The van der Waals surface area contributed by atoms with Gasteiger partial charge in [-0.3, -0.25) is 4.79 Å². The molecule has 1 amide bonds. The Kier molecular flexibility index (Phi) is 4.98. The van der Waals surface area contributed by atoms with E-state index in [0.717, 1.165) is 0 Å². The molecule has 0 fully saturated rings. The zero-order valence-electron chi connectivity index (χ0n) is 10.2.